The lowest BCUT2D eigenvalue weighted by Crippen LogP contribution is -2.16. The van der Waals surface area contributed by atoms with Gasteiger partial charge < -0.3 is 16.2 Å². The summed E-state index contributed by atoms with van der Waals surface area (Å²) in [5, 5.41) is 3.45. The molecule has 0 aliphatic carbocycles. The summed E-state index contributed by atoms with van der Waals surface area (Å²) in [4.78, 5) is 0. The Balaban J connectivity index is 0.00000200. The number of ether oxygens (including phenoxy) is 1. The predicted molar refractivity (Wildman–Crippen MR) is 87.6 cm³/mol. The van der Waals surface area contributed by atoms with Crippen molar-refractivity contribution < 1.29 is 4.74 Å². The number of rotatable bonds is 6. The first-order valence-electron chi connectivity index (χ1n) is 6.36. The lowest BCUT2D eigenvalue weighted by molar-refractivity contribution is 0.414. The van der Waals surface area contributed by atoms with Crippen LogP contribution in [0.25, 0.3) is 0 Å². The highest BCUT2D eigenvalue weighted by Crippen LogP contribution is 2.12. The van der Waals surface area contributed by atoms with Crippen LogP contribution in [0.1, 0.15) is 11.1 Å². The Morgan fingerprint density at radius 1 is 1.05 bits per heavy atom. The van der Waals surface area contributed by atoms with Gasteiger partial charge in [0.1, 0.15) is 5.75 Å². The highest BCUT2D eigenvalue weighted by Gasteiger charge is 1.96. The molecule has 0 amide bonds. The summed E-state index contributed by atoms with van der Waals surface area (Å²) in [6.07, 6.45) is 1.04. The molecule has 0 saturated carbocycles. The molecule has 4 N–H and O–H groups in total. The number of halogens is 1. The van der Waals surface area contributed by atoms with Crippen molar-refractivity contribution in [2.24, 2.45) is 0 Å². The Kier molecular flexibility index (Phi) is 7.30. The molecule has 0 radical (unpaired) electrons. The Morgan fingerprint density at radius 2 is 1.80 bits per heavy atom. The van der Waals surface area contributed by atoms with Gasteiger partial charge in [-0.2, -0.15) is 0 Å². The second kappa shape index (κ2) is 8.74. The maximum Gasteiger partial charge on any atom is 0.118 e. The molecule has 0 unspecified atom stereocenters. The SMILES string of the molecule is COc1ccc(CNCCc2cccc(Br)c2)cc1.N. The van der Waals surface area contributed by atoms with E-state index in [0.717, 1.165) is 29.7 Å². The molecule has 0 aromatic heterocycles. The van der Waals surface area contributed by atoms with Crippen molar-refractivity contribution in [1.29, 1.82) is 0 Å². The predicted octanol–water partition coefficient (Wildman–Crippen LogP) is 3.95. The third-order valence-electron chi connectivity index (χ3n) is 2.97. The molecule has 2 aromatic carbocycles. The fourth-order valence-electron chi connectivity index (χ4n) is 1.90. The molecule has 0 fully saturated rings. The van der Waals surface area contributed by atoms with Gasteiger partial charge in [-0.1, -0.05) is 40.2 Å². The van der Waals surface area contributed by atoms with Crippen LogP contribution < -0.4 is 16.2 Å². The van der Waals surface area contributed by atoms with Gasteiger partial charge in [0.25, 0.3) is 0 Å². The van der Waals surface area contributed by atoms with Crippen molar-refractivity contribution in [1.82, 2.24) is 11.5 Å². The average molecular weight is 337 g/mol. The molecule has 3 nitrogen and oxygen atoms in total. The zero-order valence-corrected chi connectivity index (χ0v) is 13.3. The van der Waals surface area contributed by atoms with E-state index >= 15 is 0 Å². The molecule has 0 aliphatic heterocycles. The number of hydrogen-bond donors (Lipinski definition) is 2. The Hall–Kier alpha value is -1.36. The third kappa shape index (κ3) is 5.33. The van der Waals surface area contributed by atoms with Crippen LogP contribution >= 0.6 is 15.9 Å². The van der Waals surface area contributed by atoms with E-state index in [0.29, 0.717) is 0 Å². The van der Waals surface area contributed by atoms with Gasteiger partial charge in [0.05, 0.1) is 7.11 Å². The number of hydrogen-bond acceptors (Lipinski definition) is 3. The molecule has 0 saturated heterocycles. The van der Waals surface area contributed by atoms with E-state index in [1.807, 2.05) is 18.2 Å². The molecular weight excluding hydrogens is 316 g/mol. The first-order chi connectivity index (χ1) is 9.28. The highest BCUT2D eigenvalue weighted by atomic mass is 79.9. The molecule has 4 heteroatoms. The van der Waals surface area contributed by atoms with E-state index in [1.165, 1.54) is 11.1 Å². The molecular formula is C16H21BrN2O. The molecule has 0 heterocycles. The molecule has 0 aliphatic rings. The maximum absolute atomic E-state index is 5.14. The Morgan fingerprint density at radius 3 is 2.45 bits per heavy atom. The molecule has 0 atom stereocenters. The van der Waals surface area contributed by atoms with Gasteiger partial charge >= 0.3 is 0 Å². The van der Waals surface area contributed by atoms with Crippen molar-refractivity contribution >= 4 is 15.9 Å². The van der Waals surface area contributed by atoms with Gasteiger partial charge in [-0.05, 0) is 48.4 Å². The zero-order valence-electron chi connectivity index (χ0n) is 11.7. The van der Waals surface area contributed by atoms with E-state index in [9.17, 15) is 0 Å². The van der Waals surface area contributed by atoms with Crippen LogP contribution in [0.4, 0.5) is 0 Å². The average Bonchev–Trinajstić information content (AvgIpc) is 2.44. The van der Waals surface area contributed by atoms with Crippen molar-refractivity contribution in [3.8, 4) is 5.75 Å². The summed E-state index contributed by atoms with van der Waals surface area (Å²) < 4.78 is 6.28. The van der Waals surface area contributed by atoms with E-state index in [1.54, 1.807) is 7.11 Å². The first-order valence-corrected chi connectivity index (χ1v) is 7.15. The quantitative estimate of drug-likeness (QED) is 0.785. The van der Waals surface area contributed by atoms with Gasteiger partial charge in [0, 0.05) is 11.0 Å². The second-order valence-electron chi connectivity index (χ2n) is 4.40. The van der Waals surface area contributed by atoms with Gasteiger partial charge in [-0.15, -0.1) is 0 Å². The molecule has 2 rings (SSSR count). The summed E-state index contributed by atoms with van der Waals surface area (Å²) in [5.74, 6) is 0.901. The summed E-state index contributed by atoms with van der Waals surface area (Å²) in [6, 6.07) is 16.6. The highest BCUT2D eigenvalue weighted by molar-refractivity contribution is 9.10. The van der Waals surface area contributed by atoms with Gasteiger partial charge in [0.15, 0.2) is 0 Å². The number of nitrogens with one attached hydrogen (secondary N) is 1. The summed E-state index contributed by atoms with van der Waals surface area (Å²) in [7, 11) is 1.69. The molecule has 0 bridgehead atoms. The van der Waals surface area contributed by atoms with Crippen LogP contribution in [-0.4, -0.2) is 13.7 Å². The lowest BCUT2D eigenvalue weighted by Gasteiger charge is -2.06. The standard InChI is InChI=1S/C16H18BrNO.H3N/c1-19-16-7-5-14(6-8-16)12-18-10-9-13-3-2-4-15(17)11-13;/h2-8,11,18H,9-10,12H2,1H3;1H3. The molecule has 0 spiro atoms. The van der Waals surface area contributed by atoms with Crippen LogP contribution in [-0.2, 0) is 13.0 Å². The van der Waals surface area contributed by atoms with Crippen molar-refractivity contribution in [3.05, 3.63) is 64.1 Å². The minimum atomic E-state index is 0. The third-order valence-corrected chi connectivity index (χ3v) is 3.46. The van der Waals surface area contributed by atoms with Crippen LogP contribution in [0.3, 0.4) is 0 Å². The van der Waals surface area contributed by atoms with Gasteiger partial charge in [-0.3, -0.25) is 0 Å². The normalized spacial score (nSPS) is 9.90. The zero-order chi connectivity index (χ0) is 13.5. The van der Waals surface area contributed by atoms with Crippen molar-refractivity contribution in [3.63, 3.8) is 0 Å². The smallest absolute Gasteiger partial charge is 0.118 e. The largest absolute Gasteiger partial charge is 0.497 e. The van der Waals surface area contributed by atoms with Crippen LogP contribution in [0.15, 0.2) is 53.0 Å². The van der Waals surface area contributed by atoms with Crippen LogP contribution in [0.5, 0.6) is 5.75 Å². The minimum absolute atomic E-state index is 0. The first kappa shape index (κ1) is 16.7. The molecule has 2 aromatic rings. The van der Waals surface area contributed by atoms with E-state index < -0.39 is 0 Å². The maximum atomic E-state index is 5.14. The number of benzene rings is 2. The monoisotopic (exact) mass is 336 g/mol. The Bertz CT molecular complexity index is 514. The van der Waals surface area contributed by atoms with Crippen molar-refractivity contribution in [2.45, 2.75) is 13.0 Å². The van der Waals surface area contributed by atoms with Crippen molar-refractivity contribution in [2.75, 3.05) is 13.7 Å². The van der Waals surface area contributed by atoms with Crippen LogP contribution in [0.2, 0.25) is 0 Å². The van der Waals surface area contributed by atoms with Crippen LogP contribution in [0, 0.1) is 0 Å². The van der Waals surface area contributed by atoms with Gasteiger partial charge in [-0.25, -0.2) is 0 Å². The minimum Gasteiger partial charge on any atom is -0.497 e. The van der Waals surface area contributed by atoms with E-state index in [2.05, 4.69) is 51.6 Å². The molecule has 108 valence electrons. The summed E-state index contributed by atoms with van der Waals surface area (Å²) in [6.45, 7) is 1.86. The van der Waals surface area contributed by atoms with Gasteiger partial charge in [0.2, 0.25) is 0 Å². The Labute approximate surface area is 129 Å². The fraction of sp³-hybridized carbons (Fsp3) is 0.250. The lowest BCUT2D eigenvalue weighted by atomic mass is 10.1. The second-order valence-corrected chi connectivity index (χ2v) is 5.32. The van der Waals surface area contributed by atoms with E-state index in [4.69, 9.17) is 4.74 Å². The van der Waals surface area contributed by atoms with E-state index in [-0.39, 0.29) is 6.15 Å². The topological polar surface area (TPSA) is 56.3 Å². The summed E-state index contributed by atoms with van der Waals surface area (Å²) >= 11 is 3.49. The summed E-state index contributed by atoms with van der Waals surface area (Å²) in [5.41, 5.74) is 2.62. The number of methoxy groups -OCH3 is 1. The molecule has 20 heavy (non-hydrogen) atoms. The fourth-order valence-corrected chi connectivity index (χ4v) is 2.35.